The van der Waals surface area contributed by atoms with Crippen molar-refractivity contribution in [3.63, 3.8) is 0 Å². The van der Waals surface area contributed by atoms with Crippen LogP contribution in [-0.2, 0) is 11.3 Å². The lowest BCUT2D eigenvalue weighted by atomic mass is 9.89. The van der Waals surface area contributed by atoms with E-state index in [1.54, 1.807) is 0 Å². The highest BCUT2D eigenvalue weighted by Gasteiger charge is 2.38. The molecule has 4 rings (SSSR count). The second-order valence-corrected chi connectivity index (χ2v) is 10.4. The quantitative estimate of drug-likeness (QED) is 0.546. The molecule has 33 heavy (non-hydrogen) atoms. The third-order valence-corrected chi connectivity index (χ3v) is 7.70. The van der Waals surface area contributed by atoms with Crippen LogP contribution in [0.1, 0.15) is 82.3 Å². The van der Waals surface area contributed by atoms with Crippen molar-refractivity contribution in [3.8, 4) is 5.75 Å². The van der Waals surface area contributed by atoms with Gasteiger partial charge in [-0.25, -0.2) is 0 Å². The Morgan fingerprint density at radius 3 is 2.64 bits per heavy atom. The van der Waals surface area contributed by atoms with Gasteiger partial charge >= 0.3 is 0 Å². The van der Waals surface area contributed by atoms with Gasteiger partial charge in [0, 0.05) is 25.9 Å². The molecule has 178 valence electrons. The molecule has 0 radical (unpaired) electrons. The Balaban J connectivity index is 1.47. The molecule has 1 aliphatic carbocycles. The fraction of sp³-hybridized carbons (Fsp3) is 0.552. The highest BCUT2D eigenvalue weighted by molar-refractivity contribution is 5.80. The molecule has 1 saturated carbocycles. The molecular weight excluding hydrogens is 408 g/mol. The molecule has 2 atom stereocenters. The Kier molecular flexibility index (Phi) is 7.75. The Morgan fingerprint density at radius 1 is 1.09 bits per heavy atom. The molecule has 2 aromatic rings. The van der Waals surface area contributed by atoms with Crippen LogP contribution in [0, 0.1) is 5.92 Å². The molecule has 0 amide bonds. The molecule has 2 aromatic carbocycles. The summed E-state index contributed by atoms with van der Waals surface area (Å²) in [7, 11) is 0. The highest BCUT2D eigenvalue weighted by Crippen LogP contribution is 2.43. The minimum absolute atomic E-state index is 0.0982. The first kappa shape index (κ1) is 23.8. The zero-order valence-corrected chi connectivity index (χ0v) is 20.4. The number of anilines is 1. The summed E-state index contributed by atoms with van der Waals surface area (Å²) in [4.78, 5) is 14.2. The number of hydrogen-bond acceptors (Lipinski definition) is 4. The summed E-state index contributed by atoms with van der Waals surface area (Å²) in [5, 5.41) is 0. The van der Waals surface area contributed by atoms with Crippen molar-refractivity contribution in [1.82, 2.24) is 0 Å². The number of benzene rings is 2. The number of nitrogens with zero attached hydrogens (tertiary/aromatic N) is 1. The Bertz CT molecular complexity index is 923. The highest BCUT2D eigenvalue weighted by atomic mass is 16.5. The fourth-order valence-corrected chi connectivity index (χ4v) is 5.50. The number of hydrogen-bond donors (Lipinski definition) is 1. The number of fused-ring (bicyclic) bond motifs is 1. The van der Waals surface area contributed by atoms with Gasteiger partial charge in [-0.3, -0.25) is 4.79 Å². The molecule has 4 heteroatoms. The van der Waals surface area contributed by atoms with Crippen molar-refractivity contribution in [2.24, 2.45) is 11.7 Å². The topological polar surface area (TPSA) is 55.6 Å². The maximum Gasteiger partial charge on any atom is 0.146 e. The first-order valence-corrected chi connectivity index (χ1v) is 12.8. The van der Waals surface area contributed by atoms with Gasteiger partial charge in [0.15, 0.2) is 0 Å². The van der Waals surface area contributed by atoms with E-state index in [1.807, 2.05) is 0 Å². The average Bonchev–Trinajstić information content (AvgIpc) is 3.12. The van der Waals surface area contributed by atoms with Crippen LogP contribution in [0.3, 0.4) is 0 Å². The predicted molar refractivity (Wildman–Crippen MR) is 136 cm³/mol. The lowest BCUT2D eigenvalue weighted by Crippen LogP contribution is -2.37. The van der Waals surface area contributed by atoms with Gasteiger partial charge in [-0.05, 0) is 67.2 Å². The normalized spacial score (nSPS) is 23.0. The third kappa shape index (κ3) is 5.97. The molecular formula is C29H40N2O2. The first-order chi connectivity index (χ1) is 16.0. The Labute approximate surface area is 199 Å². The number of ether oxygens (including phenoxy) is 1. The second-order valence-electron chi connectivity index (χ2n) is 10.4. The first-order valence-electron chi connectivity index (χ1n) is 12.8. The minimum Gasteiger partial charge on any atom is -0.485 e. The van der Waals surface area contributed by atoms with Crippen molar-refractivity contribution in [3.05, 3.63) is 59.7 Å². The van der Waals surface area contributed by atoms with Crippen LogP contribution in [0.4, 0.5) is 5.69 Å². The second kappa shape index (κ2) is 10.7. The lowest BCUT2D eigenvalue weighted by Gasteiger charge is -2.32. The van der Waals surface area contributed by atoms with E-state index in [0.717, 1.165) is 50.9 Å². The van der Waals surface area contributed by atoms with Gasteiger partial charge in [0.1, 0.15) is 17.1 Å². The molecule has 1 spiro atoms. The number of nitrogens with two attached hydrogens (primary N) is 1. The molecule has 2 unspecified atom stereocenters. The summed E-state index contributed by atoms with van der Waals surface area (Å²) in [6, 6.07) is 17.6. The van der Waals surface area contributed by atoms with Crippen molar-refractivity contribution in [2.75, 3.05) is 18.0 Å². The zero-order chi connectivity index (χ0) is 23.3. The molecule has 0 bridgehead atoms. The van der Waals surface area contributed by atoms with Crippen LogP contribution in [0.5, 0.6) is 5.75 Å². The Morgan fingerprint density at radius 2 is 1.88 bits per heavy atom. The van der Waals surface area contributed by atoms with E-state index in [1.165, 1.54) is 29.7 Å². The van der Waals surface area contributed by atoms with Crippen LogP contribution in [0.2, 0.25) is 0 Å². The summed E-state index contributed by atoms with van der Waals surface area (Å²) >= 11 is 0. The van der Waals surface area contributed by atoms with Crippen molar-refractivity contribution < 1.29 is 9.53 Å². The van der Waals surface area contributed by atoms with E-state index in [9.17, 15) is 4.79 Å². The summed E-state index contributed by atoms with van der Waals surface area (Å²) in [6.45, 7) is 6.55. The molecule has 0 saturated heterocycles. The lowest BCUT2D eigenvalue weighted by molar-refractivity contribution is -0.118. The number of carbonyl (C=O) groups excluding carboxylic acids is 1. The molecule has 2 aliphatic rings. The van der Waals surface area contributed by atoms with Gasteiger partial charge in [-0.15, -0.1) is 0 Å². The average molecular weight is 449 g/mol. The van der Waals surface area contributed by atoms with Crippen LogP contribution >= 0.6 is 0 Å². The van der Waals surface area contributed by atoms with E-state index < -0.39 is 0 Å². The summed E-state index contributed by atoms with van der Waals surface area (Å²) in [6.07, 6.45) is 8.30. The van der Waals surface area contributed by atoms with Crippen LogP contribution in [-0.4, -0.2) is 24.5 Å². The zero-order valence-electron chi connectivity index (χ0n) is 20.4. The van der Waals surface area contributed by atoms with E-state index in [2.05, 4.69) is 67.3 Å². The Hall–Kier alpha value is -2.33. The third-order valence-electron chi connectivity index (χ3n) is 7.70. The summed E-state index contributed by atoms with van der Waals surface area (Å²) < 4.78 is 6.85. The molecule has 1 fully saturated rings. The van der Waals surface area contributed by atoms with Crippen LogP contribution in [0.15, 0.2) is 48.5 Å². The smallest absolute Gasteiger partial charge is 0.146 e. The van der Waals surface area contributed by atoms with Gasteiger partial charge in [0.25, 0.3) is 0 Å². The molecule has 0 aromatic heterocycles. The van der Waals surface area contributed by atoms with Gasteiger partial charge in [-0.2, -0.15) is 0 Å². The number of ketones is 1. The van der Waals surface area contributed by atoms with Crippen molar-refractivity contribution in [2.45, 2.75) is 83.3 Å². The van der Waals surface area contributed by atoms with E-state index in [4.69, 9.17) is 10.5 Å². The van der Waals surface area contributed by atoms with E-state index in [0.29, 0.717) is 18.3 Å². The van der Waals surface area contributed by atoms with Crippen LogP contribution in [0.25, 0.3) is 0 Å². The van der Waals surface area contributed by atoms with Crippen molar-refractivity contribution >= 4 is 11.5 Å². The SMILES string of the molecule is CC(C)c1ccc(CN2CCC3(CCCC(CCC(=O)CN)CC3)Oc3ccccc32)cc1. The van der Waals surface area contributed by atoms with Gasteiger partial charge in [-0.1, -0.05) is 56.7 Å². The van der Waals surface area contributed by atoms with Gasteiger partial charge in [0.2, 0.25) is 0 Å². The van der Waals surface area contributed by atoms with E-state index in [-0.39, 0.29) is 17.9 Å². The number of carbonyl (C=O) groups is 1. The van der Waals surface area contributed by atoms with Gasteiger partial charge < -0.3 is 15.4 Å². The maximum absolute atomic E-state index is 11.7. The number of para-hydroxylation sites is 2. The monoisotopic (exact) mass is 448 g/mol. The molecule has 2 N–H and O–H groups in total. The summed E-state index contributed by atoms with van der Waals surface area (Å²) in [5.41, 5.74) is 9.35. The van der Waals surface area contributed by atoms with Crippen LogP contribution < -0.4 is 15.4 Å². The molecule has 1 aliphatic heterocycles. The maximum atomic E-state index is 11.7. The standard InChI is InChI=1S/C29H40N2O2/c1-22(2)25-12-9-24(10-13-25)21-31-19-18-29(33-28-8-4-3-7-27(28)31)16-5-6-23(15-17-29)11-14-26(32)20-30/h3-4,7-10,12-13,22-23H,5-6,11,14-21,30H2,1-2H3. The van der Waals surface area contributed by atoms with Gasteiger partial charge in [0.05, 0.1) is 12.2 Å². The largest absolute Gasteiger partial charge is 0.485 e. The summed E-state index contributed by atoms with van der Waals surface area (Å²) in [5.74, 6) is 2.37. The molecule has 1 heterocycles. The van der Waals surface area contributed by atoms with Crippen molar-refractivity contribution in [1.29, 1.82) is 0 Å². The fourth-order valence-electron chi connectivity index (χ4n) is 5.50. The minimum atomic E-state index is -0.0982. The number of Topliss-reactive ketones (excluding diaryl/α,β-unsaturated/α-hetero) is 1. The molecule has 4 nitrogen and oxygen atoms in total. The predicted octanol–water partition coefficient (Wildman–Crippen LogP) is 6.23. The number of rotatable bonds is 7. The van der Waals surface area contributed by atoms with E-state index >= 15 is 0 Å².